The number of hydrogen-bond acceptors (Lipinski definition) is 5. The van der Waals surface area contributed by atoms with Crippen molar-refractivity contribution >= 4 is 22.7 Å². The van der Waals surface area contributed by atoms with Crippen LogP contribution in [0.3, 0.4) is 0 Å². The molecule has 0 bridgehead atoms. The van der Waals surface area contributed by atoms with Crippen LogP contribution in [0.2, 0.25) is 0 Å². The van der Waals surface area contributed by atoms with Crippen LogP contribution in [0.15, 0.2) is 36.8 Å². The number of rotatable bonds is 7. The Labute approximate surface area is 247 Å². The molecule has 3 fully saturated rings. The largest absolute Gasteiger partial charge is 0.394 e. The average Bonchev–Trinajstić information content (AvgIpc) is 3.73. The number of carbonyl (C=O) groups is 2. The van der Waals surface area contributed by atoms with E-state index < -0.39 is 5.82 Å². The quantitative estimate of drug-likeness (QED) is 0.457. The van der Waals surface area contributed by atoms with E-state index in [1.54, 1.807) is 17.9 Å². The standard InChI is InChI=1S/C33H42FN5O3/c1-22-16-35-17-31-32(22)26(14-25-7-11-36(19-25)18-24-8-12-37(13-9-24)23(2)41)20-39(31)30-6-5-27(34)15-29(30)33(42)38-10-3-4-28(38)21-40/h5-6,15-17,20,24-25,28,40H,3-4,7-14,18-19,21H2,1-2H3/t25-,28+/m0/s1. The number of aromatic nitrogens is 2. The van der Waals surface area contributed by atoms with Gasteiger partial charge in [-0.05, 0) is 93.2 Å². The predicted molar refractivity (Wildman–Crippen MR) is 160 cm³/mol. The van der Waals surface area contributed by atoms with Gasteiger partial charge in [0.15, 0.2) is 0 Å². The number of aliphatic hydroxyl groups is 1. The normalized spacial score (nSPS) is 22.0. The average molecular weight is 576 g/mol. The lowest BCUT2D eigenvalue weighted by atomic mass is 9.96. The second-order valence-electron chi connectivity index (χ2n) is 12.6. The molecule has 1 aromatic carbocycles. The summed E-state index contributed by atoms with van der Waals surface area (Å²) in [5.74, 6) is 0.654. The number of halogens is 1. The lowest BCUT2D eigenvalue weighted by Gasteiger charge is -2.33. The van der Waals surface area contributed by atoms with Crippen LogP contribution >= 0.6 is 0 Å². The second kappa shape index (κ2) is 12.1. The maximum absolute atomic E-state index is 14.5. The van der Waals surface area contributed by atoms with Crippen molar-refractivity contribution in [2.75, 3.05) is 45.9 Å². The highest BCUT2D eigenvalue weighted by atomic mass is 19.1. The number of benzene rings is 1. The molecule has 2 atom stereocenters. The summed E-state index contributed by atoms with van der Waals surface area (Å²) < 4.78 is 16.5. The van der Waals surface area contributed by atoms with Crippen LogP contribution in [0, 0.1) is 24.6 Å². The zero-order valence-electron chi connectivity index (χ0n) is 24.8. The van der Waals surface area contributed by atoms with E-state index in [1.165, 1.54) is 17.7 Å². The van der Waals surface area contributed by atoms with Gasteiger partial charge in [-0.2, -0.15) is 0 Å². The molecule has 3 saturated heterocycles. The monoisotopic (exact) mass is 575 g/mol. The molecule has 42 heavy (non-hydrogen) atoms. The molecule has 3 aliphatic rings. The maximum atomic E-state index is 14.5. The van der Waals surface area contributed by atoms with Crippen molar-refractivity contribution in [2.45, 2.75) is 58.4 Å². The predicted octanol–water partition coefficient (Wildman–Crippen LogP) is 4.19. The summed E-state index contributed by atoms with van der Waals surface area (Å²) in [5, 5.41) is 11.0. The molecular formula is C33H42FN5O3. The van der Waals surface area contributed by atoms with Crippen molar-refractivity contribution in [3.63, 3.8) is 0 Å². The molecule has 3 aromatic rings. The molecule has 0 radical (unpaired) electrons. The first-order valence-electron chi connectivity index (χ1n) is 15.5. The lowest BCUT2D eigenvalue weighted by Crippen LogP contribution is -2.40. The van der Waals surface area contributed by atoms with Crippen LogP contribution in [-0.4, -0.2) is 93.1 Å². The summed E-state index contributed by atoms with van der Waals surface area (Å²) in [5.41, 5.74) is 4.17. The highest BCUT2D eigenvalue weighted by Crippen LogP contribution is 2.33. The third-order valence-electron chi connectivity index (χ3n) is 9.73. The van der Waals surface area contributed by atoms with Gasteiger partial charge in [0.25, 0.3) is 5.91 Å². The van der Waals surface area contributed by atoms with Gasteiger partial charge in [0, 0.05) is 57.4 Å². The van der Waals surface area contributed by atoms with Gasteiger partial charge in [-0.3, -0.25) is 14.6 Å². The molecule has 5 heterocycles. The van der Waals surface area contributed by atoms with Crippen molar-refractivity contribution in [2.24, 2.45) is 11.8 Å². The van der Waals surface area contributed by atoms with E-state index in [2.05, 4.69) is 23.0 Å². The minimum absolute atomic E-state index is 0.0912. The molecule has 0 aliphatic carbocycles. The maximum Gasteiger partial charge on any atom is 0.256 e. The van der Waals surface area contributed by atoms with Gasteiger partial charge >= 0.3 is 0 Å². The van der Waals surface area contributed by atoms with Crippen molar-refractivity contribution < 1.29 is 19.1 Å². The zero-order chi connectivity index (χ0) is 29.4. The van der Waals surface area contributed by atoms with Gasteiger partial charge in [-0.25, -0.2) is 4.39 Å². The molecule has 9 heteroatoms. The van der Waals surface area contributed by atoms with Gasteiger partial charge in [0.2, 0.25) is 5.91 Å². The van der Waals surface area contributed by atoms with Gasteiger partial charge in [0.1, 0.15) is 5.82 Å². The molecular weight excluding hydrogens is 533 g/mol. The Bertz CT molecular complexity index is 1460. The Morgan fingerprint density at radius 1 is 1.05 bits per heavy atom. The Hall–Kier alpha value is -3.30. The van der Waals surface area contributed by atoms with E-state index >= 15 is 0 Å². The minimum Gasteiger partial charge on any atom is -0.394 e. The van der Waals surface area contributed by atoms with Gasteiger partial charge < -0.3 is 24.4 Å². The number of aryl methyl sites for hydroxylation is 1. The minimum atomic E-state index is -0.453. The van der Waals surface area contributed by atoms with Gasteiger partial charge in [-0.15, -0.1) is 0 Å². The van der Waals surface area contributed by atoms with Crippen LogP contribution in [-0.2, 0) is 11.2 Å². The number of nitrogens with zero attached hydrogens (tertiary/aromatic N) is 5. The van der Waals surface area contributed by atoms with Crippen LogP contribution in [0.4, 0.5) is 4.39 Å². The van der Waals surface area contributed by atoms with E-state index in [9.17, 15) is 19.1 Å². The summed E-state index contributed by atoms with van der Waals surface area (Å²) in [6.45, 7) is 9.20. The van der Waals surface area contributed by atoms with E-state index in [-0.39, 0.29) is 24.5 Å². The Morgan fingerprint density at radius 2 is 1.83 bits per heavy atom. The van der Waals surface area contributed by atoms with E-state index in [4.69, 9.17) is 0 Å². The molecule has 2 amide bonds. The molecule has 224 valence electrons. The second-order valence-corrected chi connectivity index (χ2v) is 12.6. The zero-order valence-corrected chi connectivity index (χ0v) is 24.8. The van der Waals surface area contributed by atoms with Crippen LogP contribution in [0.1, 0.15) is 60.5 Å². The van der Waals surface area contributed by atoms with Gasteiger partial charge in [-0.1, -0.05) is 0 Å². The third kappa shape index (κ3) is 5.69. The molecule has 8 nitrogen and oxygen atoms in total. The van der Waals surface area contributed by atoms with Crippen LogP contribution in [0.5, 0.6) is 0 Å². The molecule has 0 saturated carbocycles. The highest BCUT2D eigenvalue weighted by Gasteiger charge is 2.32. The number of fused-ring (bicyclic) bond motifs is 1. The number of likely N-dealkylation sites (tertiary alicyclic amines) is 3. The van der Waals surface area contributed by atoms with Crippen LogP contribution in [0.25, 0.3) is 16.6 Å². The van der Waals surface area contributed by atoms with Crippen molar-refractivity contribution in [3.05, 3.63) is 59.3 Å². The SMILES string of the molecule is CC(=O)N1CCC(CN2CC[C@@H](Cc3cn(-c4ccc(F)cc4C(=O)N4CCC[C@@H]4CO)c4cncc(C)c34)C2)CC1. The fraction of sp³-hybridized carbons (Fsp3) is 0.545. The fourth-order valence-electron chi connectivity index (χ4n) is 7.48. The Kier molecular flexibility index (Phi) is 8.32. The van der Waals surface area contributed by atoms with E-state index in [0.717, 1.165) is 87.7 Å². The van der Waals surface area contributed by atoms with Crippen molar-refractivity contribution in [3.8, 4) is 5.69 Å². The summed E-state index contributed by atoms with van der Waals surface area (Å²) in [7, 11) is 0. The highest BCUT2D eigenvalue weighted by molar-refractivity contribution is 5.99. The molecule has 0 spiro atoms. The molecule has 1 N–H and O–H groups in total. The van der Waals surface area contributed by atoms with Crippen molar-refractivity contribution in [1.29, 1.82) is 0 Å². The first-order valence-corrected chi connectivity index (χ1v) is 15.5. The number of pyridine rings is 1. The summed E-state index contributed by atoms with van der Waals surface area (Å²) in [6, 6.07) is 4.19. The van der Waals surface area contributed by atoms with Gasteiger partial charge in [0.05, 0.1) is 35.6 Å². The van der Waals surface area contributed by atoms with E-state index in [1.807, 2.05) is 21.9 Å². The lowest BCUT2D eigenvalue weighted by molar-refractivity contribution is -0.130. The Balaban J connectivity index is 1.24. The first kappa shape index (κ1) is 28.8. The number of amides is 2. The topological polar surface area (TPSA) is 81.9 Å². The van der Waals surface area contributed by atoms with Crippen LogP contribution < -0.4 is 0 Å². The number of hydrogen-bond donors (Lipinski definition) is 1. The summed E-state index contributed by atoms with van der Waals surface area (Å²) in [6.07, 6.45) is 11.7. The summed E-state index contributed by atoms with van der Waals surface area (Å²) >= 11 is 0. The number of aliphatic hydroxyl groups excluding tert-OH is 1. The number of carbonyl (C=O) groups excluding carboxylic acids is 2. The van der Waals surface area contributed by atoms with E-state index in [0.29, 0.717) is 29.6 Å². The number of piperidine rings is 1. The van der Waals surface area contributed by atoms with Crippen molar-refractivity contribution in [1.82, 2.24) is 24.3 Å². The first-order chi connectivity index (χ1) is 20.3. The molecule has 6 rings (SSSR count). The smallest absolute Gasteiger partial charge is 0.256 e. The fourth-order valence-corrected chi connectivity index (χ4v) is 7.48. The molecule has 3 aliphatic heterocycles. The summed E-state index contributed by atoms with van der Waals surface area (Å²) in [4.78, 5) is 36.1. The molecule has 0 unspecified atom stereocenters. The third-order valence-corrected chi connectivity index (χ3v) is 9.73. The molecule has 2 aromatic heterocycles. The Morgan fingerprint density at radius 3 is 2.60 bits per heavy atom.